The Morgan fingerprint density at radius 1 is 1.25 bits per heavy atom. The molecule has 2 rings (SSSR count). The van der Waals surface area contributed by atoms with Crippen molar-refractivity contribution in [2.45, 2.75) is 19.8 Å². The molecule has 0 radical (unpaired) electrons. The van der Waals surface area contributed by atoms with Crippen molar-refractivity contribution >= 4 is 5.97 Å². The largest absolute Gasteiger partial charge is 0.508 e. The molecule has 0 atom stereocenters. The number of aromatic nitrogens is 1. The minimum absolute atomic E-state index is 0.194. The molecule has 0 aliphatic heterocycles. The van der Waals surface area contributed by atoms with Crippen molar-refractivity contribution in [2.75, 3.05) is 6.61 Å². The molecule has 0 aliphatic rings. The van der Waals surface area contributed by atoms with Crippen LogP contribution in [-0.4, -0.2) is 22.7 Å². The molecule has 1 aromatic carbocycles. The van der Waals surface area contributed by atoms with Gasteiger partial charge in [-0.15, -0.1) is 0 Å². The maximum absolute atomic E-state index is 11.4. The monoisotopic (exact) mass is 271 g/mol. The van der Waals surface area contributed by atoms with E-state index in [9.17, 15) is 9.90 Å². The molecule has 4 nitrogen and oxygen atoms in total. The molecule has 0 unspecified atom stereocenters. The van der Waals surface area contributed by atoms with Gasteiger partial charge >= 0.3 is 5.97 Å². The molecule has 2 aromatic rings. The van der Waals surface area contributed by atoms with Crippen LogP contribution in [0.2, 0.25) is 0 Å². The first-order chi connectivity index (χ1) is 9.70. The zero-order valence-electron chi connectivity index (χ0n) is 11.4. The maximum atomic E-state index is 11.4. The van der Waals surface area contributed by atoms with Crippen LogP contribution in [0, 0.1) is 0 Å². The number of carbonyl (C=O) groups is 1. The Labute approximate surface area is 118 Å². The van der Waals surface area contributed by atoms with Crippen LogP contribution in [0.3, 0.4) is 0 Å². The molecule has 1 aromatic heterocycles. The Hall–Kier alpha value is -2.36. The van der Waals surface area contributed by atoms with Crippen LogP contribution in [-0.2, 0) is 16.0 Å². The highest BCUT2D eigenvalue weighted by molar-refractivity contribution is 5.71. The molecule has 1 heterocycles. The summed E-state index contributed by atoms with van der Waals surface area (Å²) in [5.41, 5.74) is 2.98. The number of hydrogen-bond acceptors (Lipinski definition) is 4. The highest BCUT2D eigenvalue weighted by atomic mass is 16.5. The SMILES string of the molecule is CCOC(=O)CCc1ccncc1-c1ccc(O)cc1. The summed E-state index contributed by atoms with van der Waals surface area (Å²) in [5.74, 6) is 0.0340. The number of esters is 1. The van der Waals surface area contributed by atoms with Gasteiger partial charge in [0.15, 0.2) is 0 Å². The molecule has 0 saturated heterocycles. The molecule has 0 aliphatic carbocycles. The number of rotatable bonds is 5. The summed E-state index contributed by atoms with van der Waals surface area (Å²) in [4.78, 5) is 15.6. The van der Waals surface area contributed by atoms with Gasteiger partial charge in [-0.05, 0) is 42.7 Å². The van der Waals surface area contributed by atoms with Gasteiger partial charge in [-0.25, -0.2) is 0 Å². The van der Waals surface area contributed by atoms with Crippen LogP contribution in [0.4, 0.5) is 0 Å². The molecule has 4 heteroatoms. The Morgan fingerprint density at radius 2 is 2.00 bits per heavy atom. The number of phenolic OH excluding ortho intramolecular Hbond substituents is 1. The fourth-order valence-corrected chi connectivity index (χ4v) is 2.01. The van der Waals surface area contributed by atoms with Crippen LogP contribution in [0.1, 0.15) is 18.9 Å². The number of carbonyl (C=O) groups excluding carboxylic acids is 1. The van der Waals surface area contributed by atoms with E-state index >= 15 is 0 Å². The number of hydrogen-bond donors (Lipinski definition) is 1. The fraction of sp³-hybridized carbons (Fsp3) is 0.250. The molecular formula is C16H17NO3. The molecule has 1 N–H and O–H groups in total. The van der Waals surface area contributed by atoms with Crippen molar-refractivity contribution in [2.24, 2.45) is 0 Å². The Balaban J connectivity index is 2.18. The van der Waals surface area contributed by atoms with Gasteiger partial charge in [0, 0.05) is 24.4 Å². The highest BCUT2D eigenvalue weighted by Crippen LogP contribution is 2.25. The topological polar surface area (TPSA) is 59.4 Å². The van der Waals surface area contributed by atoms with Crippen molar-refractivity contribution < 1.29 is 14.6 Å². The Morgan fingerprint density at radius 3 is 2.70 bits per heavy atom. The van der Waals surface area contributed by atoms with Crippen molar-refractivity contribution in [3.05, 3.63) is 48.3 Å². The minimum Gasteiger partial charge on any atom is -0.508 e. The van der Waals surface area contributed by atoms with Crippen LogP contribution in [0.5, 0.6) is 5.75 Å². The van der Waals surface area contributed by atoms with Gasteiger partial charge in [-0.3, -0.25) is 9.78 Å². The van der Waals surface area contributed by atoms with E-state index in [1.165, 1.54) is 0 Å². The summed E-state index contributed by atoms with van der Waals surface area (Å²) in [5, 5.41) is 9.33. The highest BCUT2D eigenvalue weighted by Gasteiger charge is 2.08. The van der Waals surface area contributed by atoms with E-state index in [1.807, 2.05) is 18.2 Å². The lowest BCUT2D eigenvalue weighted by molar-refractivity contribution is -0.143. The van der Waals surface area contributed by atoms with Crippen molar-refractivity contribution in [3.8, 4) is 16.9 Å². The zero-order chi connectivity index (χ0) is 14.4. The number of nitrogens with zero attached hydrogens (tertiary/aromatic N) is 1. The number of pyridine rings is 1. The number of phenols is 1. The van der Waals surface area contributed by atoms with E-state index in [2.05, 4.69) is 4.98 Å². The number of ether oxygens (including phenoxy) is 1. The molecule has 0 amide bonds. The third-order valence-electron chi connectivity index (χ3n) is 2.99. The quantitative estimate of drug-likeness (QED) is 0.849. The first kappa shape index (κ1) is 14.1. The van der Waals surface area contributed by atoms with Crippen LogP contribution < -0.4 is 0 Å². The molecule has 0 saturated carbocycles. The van der Waals surface area contributed by atoms with Crippen molar-refractivity contribution in [1.29, 1.82) is 0 Å². The van der Waals surface area contributed by atoms with Gasteiger partial charge in [-0.2, -0.15) is 0 Å². The normalized spacial score (nSPS) is 10.2. The van der Waals surface area contributed by atoms with E-state index in [4.69, 9.17) is 4.74 Å². The summed E-state index contributed by atoms with van der Waals surface area (Å²) in [7, 11) is 0. The van der Waals surface area contributed by atoms with Crippen LogP contribution in [0.25, 0.3) is 11.1 Å². The van der Waals surface area contributed by atoms with Gasteiger partial charge in [0.05, 0.1) is 6.61 Å². The van der Waals surface area contributed by atoms with Gasteiger partial charge in [-0.1, -0.05) is 12.1 Å². The molecule has 0 bridgehead atoms. The molecule has 104 valence electrons. The third-order valence-corrected chi connectivity index (χ3v) is 2.99. The standard InChI is InChI=1S/C16H17NO3/c1-2-20-16(19)8-5-13-9-10-17-11-15(13)12-3-6-14(18)7-4-12/h3-4,6-7,9-11,18H,2,5,8H2,1H3. The molecule has 20 heavy (non-hydrogen) atoms. The molecule has 0 fully saturated rings. The molecular weight excluding hydrogens is 254 g/mol. The second-order valence-corrected chi connectivity index (χ2v) is 4.38. The van der Waals surface area contributed by atoms with Crippen molar-refractivity contribution in [1.82, 2.24) is 4.98 Å². The summed E-state index contributed by atoms with van der Waals surface area (Å²) in [6.45, 7) is 2.20. The first-order valence-corrected chi connectivity index (χ1v) is 6.58. The van der Waals surface area contributed by atoms with E-state index in [1.54, 1.807) is 31.5 Å². The minimum atomic E-state index is -0.194. The third kappa shape index (κ3) is 3.57. The Kier molecular flexibility index (Phi) is 4.71. The van der Waals surface area contributed by atoms with E-state index in [0.717, 1.165) is 16.7 Å². The van der Waals surface area contributed by atoms with Gasteiger partial charge < -0.3 is 9.84 Å². The second kappa shape index (κ2) is 6.70. The number of benzene rings is 1. The predicted molar refractivity (Wildman–Crippen MR) is 76.3 cm³/mol. The van der Waals surface area contributed by atoms with Gasteiger partial charge in [0.25, 0.3) is 0 Å². The average molecular weight is 271 g/mol. The smallest absolute Gasteiger partial charge is 0.306 e. The van der Waals surface area contributed by atoms with Crippen molar-refractivity contribution in [3.63, 3.8) is 0 Å². The summed E-state index contributed by atoms with van der Waals surface area (Å²) < 4.78 is 4.94. The van der Waals surface area contributed by atoms with Gasteiger partial charge in [0.1, 0.15) is 5.75 Å². The fourth-order valence-electron chi connectivity index (χ4n) is 2.01. The maximum Gasteiger partial charge on any atom is 0.306 e. The lowest BCUT2D eigenvalue weighted by Crippen LogP contribution is -2.05. The number of aryl methyl sites for hydroxylation is 1. The number of aromatic hydroxyl groups is 1. The van der Waals surface area contributed by atoms with Crippen LogP contribution in [0.15, 0.2) is 42.7 Å². The zero-order valence-corrected chi connectivity index (χ0v) is 11.4. The second-order valence-electron chi connectivity index (χ2n) is 4.38. The first-order valence-electron chi connectivity index (χ1n) is 6.58. The molecule has 0 spiro atoms. The average Bonchev–Trinajstić information content (AvgIpc) is 2.47. The summed E-state index contributed by atoms with van der Waals surface area (Å²) >= 11 is 0. The van der Waals surface area contributed by atoms with E-state index in [-0.39, 0.29) is 11.7 Å². The Bertz CT molecular complexity index is 579. The lowest BCUT2D eigenvalue weighted by Gasteiger charge is -2.09. The van der Waals surface area contributed by atoms with Gasteiger partial charge in [0.2, 0.25) is 0 Å². The summed E-state index contributed by atoms with van der Waals surface area (Å²) in [6, 6.07) is 8.84. The van der Waals surface area contributed by atoms with E-state index in [0.29, 0.717) is 19.4 Å². The van der Waals surface area contributed by atoms with E-state index < -0.39 is 0 Å². The van der Waals surface area contributed by atoms with Crippen LogP contribution >= 0.6 is 0 Å². The predicted octanol–water partition coefficient (Wildman–Crippen LogP) is 2.95. The summed E-state index contributed by atoms with van der Waals surface area (Å²) in [6.07, 6.45) is 4.44. The lowest BCUT2D eigenvalue weighted by atomic mass is 9.99.